The Morgan fingerprint density at radius 3 is 2.31 bits per heavy atom. The van der Waals surface area contributed by atoms with E-state index in [0.717, 1.165) is 28.2 Å². The molecule has 186 valence electrons. The number of hydrogen-bond donors (Lipinski definition) is 3. The summed E-state index contributed by atoms with van der Waals surface area (Å²) < 4.78 is 0. The minimum Gasteiger partial charge on any atom is -0.481 e. The van der Waals surface area contributed by atoms with Crippen molar-refractivity contribution in [3.8, 4) is 0 Å². The number of aliphatic carboxylic acids is 1. The molecule has 3 rings (SSSR count). The van der Waals surface area contributed by atoms with Gasteiger partial charge in [0.05, 0.1) is 19.0 Å². The lowest BCUT2D eigenvalue weighted by molar-refractivity contribution is -0.137. The molecule has 9 heteroatoms. The average Bonchev–Trinajstić information content (AvgIpc) is 3.55. The van der Waals surface area contributed by atoms with E-state index in [1.807, 2.05) is 66.2 Å². The Kier molecular flexibility index (Phi) is 10.3. The molecule has 7 nitrogen and oxygen atoms in total. The fraction of sp³-hybridized carbons (Fsp3) is 0.346. The Morgan fingerprint density at radius 1 is 0.943 bits per heavy atom. The molecule has 0 saturated heterocycles. The number of benzene rings is 1. The quantitative estimate of drug-likeness (QED) is 0.284. The third-order valence-electron chi connectivity index (χ3n) is 5.48. The number of nitrogens with one attached hydrogen (secondary N) is 2. The van der Waals surface area contributed by atoms with Gasteiger partial charge in [0.15, 0.2) is 0 Å². The van der Waals surface area contributed by atoms with Gasteiger partial charge in [-0.25, -0.2) is 4.79 Å². The summed E-state index contributed by atoms with van der Waals surface area (Å²) in [5, 5.41) is 18.7. The maximum atomic E-state index is 13.7. The van der Waals surface area contributed by atoms with E-state index in [0.29, 0.717) is 19.5 Å². The van der Waals surface area contributed by atoms with Crippen molar-refractivity contribution in [2.24, 2.45) is 0 Å². The molecule has 35 heavy (non-hydrogen) atoms. The molecular formula is C26H31N3O4S2. The second kappa shape index (κ2) is 13.7. The fourth-order valence-electron chi connectivity index (χ4n) is 3.74. The molecule has 0 bridgehead atoms. The van der Waals surface area contributed by atoms with Gasteiger partial charge in [-0.2, -0.15) is 0 Å². The van der Waals surface area contributed by atoms with Crippen LogP contribution in [0.3, 0.4) is 0 Å². The Morgan fingerprint density at radius 2 is 1.69 bits per heavy atom. The van der Waals surface area contributed by atoms with Crippen molar-refractivity contribution < 1.29 is 19.5 Å². The van der Waals surface area contributed by atoms with Crippen LogP contribution in [-0.4, -0.2) is 34.0 Å². The minimum absolute atomic E-state index is 0.156. The molecule has 3 N–H and O–H groups in total. The normalized spacial score (nSPS) is 12.5. The molecule has 3 aromatic rings. The first-order chi connectivity index (χ1) is 17.0. The highest BCUT2D eigenvalue weighted by molar-refractivity contribution is 7.10. The number of hydrogen-bond acceptors (Lipinski definition) is 5. The average molecular weight is 514 g/mol. The molecule has 1 unspecified atom stereocenters. The van der Waals surface area contributed by atoms with E-state index >= 15 is 0 Å². The largest absolute Gasteiger partial charge is 0.481 e. The van der Waals surface area contributed by atoms with Crippen LogP contribution in [0, 0.1) is 0 Å². The second-order valence-corrected chi connectivity index (χ2v) is 10.2. The highest BCUT2D eigenvalue weighted by atomic mass is 32.1. The van der Waals surface area contributed by atoms with Crippen LogP contribution in [0.4, 0.5) is 4.79 Å². The number of carboxylic acid groups (broad SMARTS) is 1. The molecule has 0 aliphatic carbocycles. The summed E-state index contributed by atoms with van der Waals surface area (Å²) in [5.74, 6) is -1.16. The van der Waals surface area contributed by atoms with Gasteiger partial charge >= 0.3 is 12.0 Å². The van der Waals surface area contributed by atoms with Gasteiger partial charge in [-0.3, -0.25) is 9.59 Å². The van der Waals surface area contributed by atoms with Crippen molar-refractivity contribution >= 4 is 40.6 Å². The van der Waals surface area contributed by atoms with Gasteiger partial charge in [0.2, 0.25) is 5.91 Å². The van der Waals surface area contributed by atoms with Crippen LogP contribution in [0.5, 0.6) is 0 Å². The van der Waals surface area contributed by atoms with Crippen LogP contribution >= 0.6 is 22.7 Å². The van der Waals surface area contributed by atoms with Crippen LogP contribution < -0.4 is 10.6 Å². The number of urea groups is 1. The van der Waals surface area contributed by atoms with Gasteiger partial charge < -0.3 is 20.6 Å². The van der Waals surface area contributed by atoms with Crippen molar-refractivity contribution in [3.63, 3.8) is 0 Å². The molecule has 0 aliphatic heterocycles. The maximum Gasteiger partial charge on any atom is 0.315 e. The number of carbonyl (C=O) groups excluding carboxylic acids is 2. The monoisotopic (exact) mass is 513 g/mol. The van der Waals surface area contributed by atoms with Crippen molar-refractivity contribution in [3.05, 3.63) is 80.7 Å². The number of carbonyl (C=O) groups is 3. The first kappa shape index (κ1) is 26.4. The van der Waals surface area contributed by atoms with Crippen LogP contribution in [0.15, 0.2) is 65.4 Å². The minimum atomic E-state index is -1.01. The lowest BCUT2D eigenvalue weighted by Gasteiger charge is -2.28. The predicted octanol–water partition coefficient (Wildman–Crippen LogP) is 5.41. The second-order valence-electron chi connectivity index (χ2n) is 8.24. The lowest BCUT2D eigenvalue weighted by atomic mass is 10.1. The first-order valence-corrected chi connectivity index (χ1v) is 13.4. The van der Waals surface area contributed by atoms with E-state index in [4.69, 9.17) is 0 Å². The maximum absolute atomic E-state index is 13.7. The van der Waals surface area contributed by atoms with E-state index in [1.54, 1.807) is 22.3 Å². The van der Waals surface area contributed by atoms with Gasteiger partial charge in [-0.05, 0) is 34.9 Å². The summed E-state index contributed by atoms with van der Waals surface area (Å²) in [7, 11) is 0. The Balaban J connectivity index is 1.75. The standard InChI is InChI=1S/C26H31N3O4S2/c1-2-3-12-21(27-26(33)28-22(16-24(30)31)23-13-8-15-35-23)25(32)29(18-20-11-7-14-34-20)17-19-9-5-4-6-10-19/h4-11,13-15,21-22H,2-3,12,16-18H2,1H3,(H,30,31)(H2,27,28,33)/t21-,22?/m0/s1. The number of rotatable bonds is 13. The molecule has 0 saturated carbocycles. The van der Waals surface area contributed by atoms with Crippen molar-refractivity contribution in [1.29, 1.82) is 0 Å². The van der Waals surface area contributed by atoms with Crippen LogP contribution in [0.25, 0.3) is 0 Å². The summed E-state index contributed by atoms with van der Waals surface area (Å²) in [4.78, 5) is 41.6. The molecule has 0 radical (unpaired) electrons. The van der Waals surface area contributed by atoms with E-state index in [-0.39, 0.29) is 12.3 Å². The van der Waals surface area contributed by atoms with Crippen molar-refractivity contribution in [1.82, 2.24) is 15.5 Å². The number of unbranched alkanes of at least 4 members (excludes halogenated alkanes) is 1. The fourth-order valence-corrected chi connectivity index (χ4v) is 5.23. The first-order valence-electron chi connectivity index (χ1n) is 11.6. The van der Waals surface area contributed by atoms with E-state index in [1.165, 1.54) is 11.3 Å². The molecule has 3 amide bonds. The van der Waals surface area contributed by atoms with Gasteiger partial charge in [0.25, 0.3) is 0 Å². The zero-order valence-corrected chi connectivity index (χ0v) is 21.3. The molecular weight excluding hydrogens is 482 g/mol. The zero-order valence-electron chi connectivity index (χ0n) is 19.7. The smallest absolute Gasteiger partial charge is 0.315 e. The molecule has 2 heterocycles. The topological polar surface area (TPSA) is 98.7 Å². The number of thiophene rings is 2. The van der Waals surface area contributed by atoms with Crippen LogP contribution in [0.1, 0.15) is 54.0 Å². The third kappa shape index (κ3) is 8.52. The van der Waals surface area contributed by atoms with E-state index in [2.05, 4.69) is 10.6 Å². The molecule has 0 aliphatic rings. The highest BCUT2D eigenvalue weighted by Crippen LogP contribution is 2.22. The van der Waals surface area contributed by atoms with Gasteiger partial charge in [-0.15, -0.1) is 22.7 Å². The van der Waals surface area contributed by atoms with Crippen molar-refractivity contribution in [2.45, 2.75) is 57.8 Å². The molecule has 0 fully saturated rings. The van der Waals surface area contributed by atoms with Crippen molar-refractivity contribution in [2.75, 3.05) is 0 Å². The van der Waals surface area contributed by atoms with Gasteiger partial charge in [0, 0.05) is 16.3 Å². The summed E-state index contributed by atoms with van der Waals surface area (Å²) in [6, 6.07) is 15.4. The van der Waals surface area contributed by atoms with E-state index < -0.39 is 24.1 Å². The number of amides is 3. The SMILES string of the molecule is CCCC[C@H](NC(=O)NC(CC(=O)O)c1cccs1)C(=O)N(Cc1ccccc1)Cc1cccs1. The Hall–Kier alpha value is -3.17. The number of carboxylic acids is 1. The Bertz CT molecular complexity index is 1060. The Labute approximate surface area is 213 Å². The zero-order chi connectivity index (χ0) is 25.0. The summed E-state index contributed by atoms with van der Waals surface area (Å²) in [6.07, 6.45) is 1.92. The molecule has 2 atom stereocenters. The highest BCUT2D eigenvalue weighted by Gasteiger charge is 2.28. The number of nitrogens with zero attached hydrogens (tertiary/aromatic N) is 1. The molecule has 0 spiro atoms. The van der Waals surface area contributed by atoms with Gasteiger partial charge in [0.1, 0.15) is 6.04 Å². The van der Waals surface area contributed by atoms with E-state index in [9.17, 15) is 19.5 Å². The summed E-state index contributed by atoms with van der Waals surface area (Å²) >= 11 is 2.97. The van der Waals surface area contributed by atoms with Gasteiger partial charge in [-0.1, -0.05) is 62.2 Å². The summed E-state index contributed by atoms with van der Waals surface area (Å²) in [6.45, 7) is 2.92. The molecule has 1 aromatic carbocycles. The predicted molar refractivity (Wildman–Crippen MR) is 139 cm³/mol. The summed E-state index contributed by atoms with van der Waals surface area (Å²) in [5.41, 5.74) is 1.01. The van der Waals surface area contributed by atoms with Crippen LogP contribution in [0.2, 0.25) is 0 Å². The van der Waals surface area contributed by atoms with Crippen LogP contribution in [-0.2, 0) is 22.7 Å². The lowest BCUT2D eigenvalue weighted by Crippen LogP contribution is -2.51. The molecule has 2 aromatic heterocycles. The third-order valence-corrected chi connectivity index (χ3v) is 7.32.